The van der Waals surface area contributed by atoms with E-state index < -0.39 is 5.91 Å². The second-order valence-corrected chi connectivity index (χ2v) is 7.71. The molecular formula is C17H20N4O3S2. The number of rotatable bonds is 5. The van der Waals surface area contributed by atoms with Crippen LogP contribution >= 0.6 is 22.7 Å². The molecule has 0 bridgehead atoms. The minimum Gasteiger partial charge on any atom is -0.366 e. The van der Waals surface area contributed by atoms with E-state index in [1.807, 2.05) is 26.6 Å². The molecule has 0 aliphatic carbocycles. The number of primary amides is 1. The molecule has 1 fully saturated rings. The summed E-state index contributed by atoms with van der Waals surface area (Å²) in [6.07, 6.45) is 0.814. The molecule has 1 aliphatic heterocycles. The second-order valence-electron chi connectivity index (χ2n) is 6.01. The highest BCUT2D eigenvalue weighted by Crippen LogP contribution is 2.22. The van der Waals surface area contributed by atoms with E-state index in [4.69, 9.17) is 5.73 Å². The van der Waals surface area contributed by atoms with Crippen LogP contribution < -0.4 is 11.1 Å². The number of carbonyl (C=O) groups excluding carboxylic acids is 3. The second kappa shape index (κ2) is 8.43. The van der Waals surface area contributed by atoms with E-state index in [2.05, 4.69) is 5.32 Å². The Labute approximate surface area is 159 Å². The van der Waals surface area contributed by atoms with Crippen LogP contribution in [0.5, 0.6) is 0 Å². The first-order valence-corrected chi connectivity index (χ1v) is 10.1. The summed E-state index contributed by atoms with van der Waals surface area (Å²) >= 11 is 2.78. The lowest BCUT2D eigenvalue weighted by atomic mass is 10.3. The van der Waals surface area contributed by atoms with Gasteiger partial charge >= 0.3 is 0 Å². The van der Waals surface area contributed by atoms with Gasteiger partial charge in [-0.25, -0.2) is 0 Å². The lowest BCUT2D eigenvalue weighted by Gasteiger charge is -2.21. The zero-order chi connectivity index (χ0) is 18.5. The number of thiophene rings is 2. The lowest BCUT2D eigenvalue weighted by molar-refractivity contribution is -0.117. The molecule has 26 heavy (non-hydrogen) atoms. The number of nitrogens with one attached hydrogen (secondary N) is 1. The highest BCUT2D eigenvalue weighted by atomic mass is 32.1. The van der Waals surface area contributed by atoms with Gasteiger partial charge in [-0.15, -0.1) is 11.3 Å². The molecule has 3 rings (SSSR count). The summed E-state index contributed by atoms with van der Waals surface area (Å²) in [5.74, 6) is -0.700. The van der Waals surface area contributed by atoms with Crippen molar-refractivity contribution in [3.63, 3.8) is 0 Å². The molecule has 0 saturated carbocycles. The smallest absolute Gasteiger partial charge is 0.254 e. The molecule has 0 unspecified atom stereocenters. The molecule has 3 amide bonds. The highest BCUT2D eigenvalue weighted by molar-refractivity contribution is 7.14. The fraction of sp³-hybridized carbons (Fsp3) is 0.353. The third-order valence-electron chi connectivity index (χ3n) is 4.19. The molecule has 0 spiro atoms. The highest BCUT2D eigenvalue weighted by Gasteiger charge is 2.22. The Morgan fingerprint density at radius 3 is 2.69 bits per heavy atom. The zero-order valence-electron chi connectivity index (χ0n) is 14.1. The fourth-order valence-electron chi connectivity index (χ4n) is 2.87. The monoisotopic (exact) mass is 392 g/mol. The molecule has 3 N–H and O–H groups in total. The molecule has 7 nitrogen and oxygen atoms in total. The maximum absolute atomic E-state index is 12.4. The van der Waals surface area contributed by atoms with Crippen molar-refractivity contribution in [3.05, 3.63) is 39.4 Å². The first-order valence-electron chi connectivity index (χ1n) is 8.25. The molecule has 138 valence electrons. The summed E-state index contributed by atoms with van der Waals surface area (Å²) in [6, 6.07) is 3.43. The van der Waals surface area contributed by atoms with Crippen molar-refractivity contribution in [3.8, 4) is 0 Å². The average Bonchev–Trinajstić information content (AvgIpc) is 3.24. The largest absolute Gasteiger partial charge is 0.366 e. The molecule has 0 aromatic carbocycles. The average molecular weight is 393 g/mol. The summed E-state index contributed by atoms with van der Waals surface area (Å²) in [5, 5.41) is 8.70. The Morgan fingerprint density at radius 1 is 1.12 bits per heavy atom. The van der Waals surface area contributed by atoms with E-state index >= 15 is 0 Å². The number of hydrogen-bond donors (Lipinski definition) is 2. The summed E-state index contributed by atoms with van der Waals surface area (Å²) < 4.78 is 0. The first-order chi connectivity index (χ1) is 12.5. The van der Waals surface area contributed by atoms with E-state index in [0.29, 0.717) is 30.2 Å². The fourth-order valence-corrected chi connectivity index (χ4v) is 4.31. The van der Waals surface area contributed by atoms with E-state index in [1.54, 1.807) is 11.4 Å². The van der Waals surface area contributed by atoms with Crippen LogP contribution in [0.2, 0.25) is 0 Å². The van der Waals surface area contributed by atoms with Gasteiger partial charge in [0.25, 0.3) is 11.8 Å². The predicted molar refractivity (Wildman–Crippen MR) is 103 cm³/mol. The number of carbonyl (C=O) groups is 3. The van der Waals surface area contributed by atoms with Gasteiger partial charge in [0.15, 0.2) is 0 Å². The van der Waals surface area contributed by atoms with Crippen LogP contribution in [0.25, 0.3) is 0 Å². The molecule has 2 aromatic rings. The van der Waals surface area contributed by atoms with Crippen molar-refractivity contribution in [1.29, 1.82) is 0 Å². The summed E-state index contributed by atoms with van der Waals surface area (Å²) in [4.78, 5) is 39.9. The lowest BCUT2D eigenvalue weighted by Crippen LogP contribution is -2.38. The van der Waals surface area contributed by atoms with Crippen LogP contribution in [0.15, 0.2) is 28.3 Å². The standard InChI is InChI=1S/C17H20N4O3S2/c18-15(23)13-3-9-26-16(13)19-14(22)10-20-4-1-5-21(7-6-20)17(24)12-2-8-25-11-12/h2-3,8-9,11H,1,4-7,10H2,(H2,18,23)(H,19,22). The van der Waals surface area contributed by atoms with Crippen molar-refractivity contribution < 1.29 is 14.4 Å². The molecule has 0 radical (unpaired) electrons. The Hall–Kier alpha value is -2.23. The predicted octanol–water partition coefficient (Wildman–Crippen LogP) is 1.70. The Balaban J connectivity index is 1.53. The quantitative estimate of drug-likeness (QED) is 0.809. The van der Waals surface area contributed by atoms with Crippen LogP contribution in [0.1, 0.15) is 27.1 Å². The van der Waals surface area contributed by atoms with Crippen LogP contribution in [-0.4, -0.2) is 60.2 Å². The third-order valence-corrected chi connectivity index (χ3v) is 5.71. The molecule has 1 saturated heterocycles. The number of amides is 3. The Bertz CT molecular complexity index is 788. The molecular weight excluding hydrogens is 372 g/mol. The van der Waals surface area contributed by atoms with Gasteiger partial charge in [-0.3, -0.25) is 19.3 Å². The van der Waals surface area contributed by atoms with Crippen molar-refractivity contribution in [2.75, 3.05) is 38.0 Å². The minimum atomic E-state index is -0.557. The molecule has 3 heterocycles. The van der Waals surface area contributed by atoms with E-state index in [0.717, 1.165) is 18.5 Å². The van der Waals surface area contributed by atoms with Crippen LogP contribution in [0.3, 0.4) is 0 Å². The normalized spacial score (nSPS) is 15.5. The van der Waals surface area contributed by atoms with Crippen molar-refractivity contribution >= 4 is 45.4 Å². The Morgan fingerprint density at radius 2 is 1.96 bits per heavy atom. The third kappa shape index (κ3) is 4.48. The van der Waals surface area contributed by atoms with Crippen molar-refractivity contribution in [1.82, 2.24) is 9.80 Å². The van der Waals surface area contributed by atoms with Gasteiger partial charge in [0.2, 0.25) is 5.91 Å². The van der Waals surface area contributed by atoms with Crippen LogP contribution in [-0.2, 0) is 4.79 Å². The summed E-state index contributed by atoms with van der Waals surface area (Å²) in [5.41, 5.74) is 6.34. The molecule has 2 aromatic heterocycles. The van der Waals surface area contributed by atoms with Gasteiger partial charge < -0.3 is 16.0 Å². The minimum absolute atomic E-state index is 0.0437. The molecule has 0 atom stereocenters. The maximum Gasteiger partial charge on any atom is 0.254 e. The summed E-state index contributed by atoms with van der Waals surface area (Å²) in [7, 11) is 0. The van der Waals surface area contributed by atoms with Gasteiger partial charge in [0.05, 0.1) is 17.7 Å². The van der Waals surface area contributed by atoms with Gasteiger partial charge in [-0.05, 0) is 29.3 Å². The van der Waals surface area contributed by atoms with Crippen molar-refractivity contribution in [2.24, 2.45) is 5.73 Å². The van der Waals surface area contributed by atoms with E-state index in [1.165, 1.54) is 22.7 Å². The number of nitrogens with zero attached hydrogens (tertiary/aromatic N) is 2. The van der Waals surface area contributed by atoms with Gasteiger partial charge in [0.1, 0.15) is 5.00 Å². The number of nitrogens with two attached hydrogens (primary N) is 1. The maximum atomic E-state index is 12.4. The van der Waals surface area contributed by atoms with Crippen LogP contribution in [0, 0.1) is 0 Å². The first kappa shape index (κ1) is 18.6. The molecule has 9 heteroatoms. The topological polar surface area (TPSA) is 95.7 Å². The number of hydrogen-bond acceptors (Lipinski definition) is 6. The Kier molecular flexibility index (Phi) is 6.02. The van der Waals surface area contributed by atoms with Crippen LogP contribution in [0.4, 0.5) is 5.00 Å². The number of anilines is 1. The van der Waals surface area contributed by atoms with E-state index in [9.17, 15) is 14.4 Å². The van der Waals surface area contributed by atoms with E-state index in [-0.39, 0.29) is 18.4 Å². The summed E-state index contributed by atoms with van der Waals surface area (Å²) in [6.45, 7) is 2.87. The van der Waals surface area contributed by atoms with Gasteiger partial charge in [-0.1, -0.05) is 0 Å². The zero-order valence-corrected chi connectivity index (χ0v) is 15.8. The SMILES string of the molecule is NC(=O)c1ccsc1NC(=O)CN1CCCN(C(=O)c2ccsc2)CC1. The van der Waals surface area contributed by atoms with Gasteiger partial charge in [-0.2, -0.15) is 11.3 Å². The molecule has 1 aliphatic rings. The van der Waals surface area contributed by atoms with Crippen molar-refractivity contribution in [2.45, 2.75) is 6.42 Å². The van der Waals surface area contributed by atoms with Gasteiger partial charge in [0, 0.05) is 31.6 Å².